The number of hydrogen-bond donors (Lipinski definition) is 3. The standard InChI is InChI=1S/C32H34N6O3S/c1-19(17-37(2)3)35-28(39)13-11-22-16-34-31(33)29-23(18-42-30(22)29)20-10-12-24(27(15-20)41-5)36-32(40)26-14-21-8-6-7-9-25(21)38(26)4/h6-16,18-19H,17H2,1-5H3,(H2,33,34)(H,35,39)(H,36,40). The average Bonchev–Trinajstić information content (AvgIpc) is 3.55. The molecule has 5 rings (SSSR count). The van der Waals surface area contributed by atoms with Crippen LogP contribution in [0.2, 0.25) is 0 Å². The molecule has 0 spiro atoms. The highest BCUT2D eigenvalue weighted by molar-refractivity contribution is 7.18. The normalized spacial score (nSPS) is 12.3. The van der Waals surface area contributed by atoms with Crippen LogP contribution in [0.5, 0.6) is 5.75 Å². The van der Waals surface area contributed by atoms with Crippen LogP contribution in [0.15, 0.2) is 66.2 Å². The number of ether oxygens (including phenoxy) is 1. The topological polar surface area (TPSA) is 115 Å². The quantitative estimate of drug-likeness (QED) is 0.201. The molecule has 0 fully saturated rings. The number of thiophene rings is 1. The van der Waals surface area contributed by atoms with E-state index >= 15 is 0 Å². The summed E-state index contributed by atoms with van der Waals surface area (Å²) in [7, 11) is 7.38. The number of nitrogens with zero attached hydrogens (tertiary/aromatic N) is 3. The molecule has 42 heavy (non-hydrogen) atoms. The van der Waals surface area contributed by atoms with Crippen molar-refractivity contribution in [2.24, 2.45) is 7.05 Å². The number of para-hydroxylation sites is 1. The van der Waals surface area contributed by atoms with Gasteiger partial charge in [-0.2, -0.15) is 0 Å². The second-order valence-electron chi connectivity index (χ2n) is 10.5. The number of anilines is 2. The predicted molar refractivity (Wildman–Crippen MR) is 172 cm³/mol. The number of nitrogen functional groups attached to an aromatic ring is 1. The Kier molecular flexibility index (Phi) is 8.28. The number of amides is 2. The third-order valence-electron chi connectivity index (χ3n) is 7.04. The van der Waals surface area contributed by atoms with Crippen molar-refractivity contribution in [1.29, 1.82) is 0 Å². The fourth-order valence-corrected chi connectivity index (χ4v) is 6.20. The van der Waals surface area contributed by atoms with Crippen LogP contribution in [-0.2, 0) is 11.8 Å². The number of fused-ring (bicyclic) bond motifs is 2. The molecule has 0 aliphatic carbocycles. The lowest BCUT2D eigenvalue weighted by Gasteiger charge is -2.17. The van der Waals surface area contributed by atoms with Crippen LogP contribution in [0.1, 0.15) is 23.0 Å². The molecule has 4 N–H and O–H groups in total. The van der Waals surface area contributed by atoms with Crippen molar-refractivity contribution in [2.75, 3.05) is 38.8 Å². The van der Waals surface area contributed by atoms with Crippen molar-refractivity contribution < 1.29 is 14.3 Å². The van der Waals surface area contributed by atoms with Gasteiger partial charge in [0.05, 0.1) is 12.8 Å². The maximum atomic E-state index is 13.2. The zero-order valence-corrected chi connectivity index (χ0v) is 25.1. The summed E-state index contributed by atoms with van der Waals surface area (Å²) in [4.78, 5) is 32.1. The second-order valence-corrected chi connectivity index (χ2v) is 11.4. The average molecular weight is 583 g/mol. The highest BCUT2D eigenvalue weighted by atomic mass is 32.1. The van der Waals surface area contributed by atoms with Crippen molar-refractivity contribution in [3.63, 3.8) is 0 Å². The van der Waals surface area contributed by atoms with E-state index in [4.69, 9.17) is 10.5 Å². The highest BCUT2D eigenvalue weighted by Crippen LogP contribution is 2.41. The molecule has 0 aliphatic rings. The van der Waals surface area contributed by atoms with Crippen molar-refractivity contribution in [1.82, 2.24) is 19.8 Å². The molecule has 0 bridgehead atoms. The Bertz CT molecular complexity index is 1820. The van der Waals surface area contributed by atoms with Gasteiger partial charge in [0.25, 0.3) is 5.91 Å². The van der Waals surface area contributed by atoms with Crippen molar-refractivity contribution in [2.45, 2.75) is 13.0 Å². The fraction of sp³-hybridized carbons (Fsp3) is 0.219. The first-order valence-electron chi connectivity index (χ1n) is 13.5. The summed E-state index contributed by atoms with van der Waals surface area (Å²) >= 11 is 1.53. The van der Waals surface area contributed by atoms with Crippen molar-refractivity contribution >= 4 is 61.7 Å². The molecule has 5 aromatic rings. The third kappa shape index (κ3) is 5.86. The zero-order chi connectivity index (χ0) is 30.0. The van der Waals surface area contributed by atoms with Crippen LogP contribution in [0.3, 0.4) is 0 Å². The molecule has 3 heterocycles. The van der Waals surface area contributed by atoms with Crippen molar-refractivity contribution in [3.05, 3.63) is 77.4 Å². The molecular formula is C32H34N6O3S. The Hall–Kier alpha value is -4.67. The summed E-state index contributed by atoms with van der Waals surface area (Å²) in [5.74, 6) is 0.516. The van der Waals surface area contributed by atoms with Crippen molar-refractivity contribution in [3.8, 4) is 16.9 Å². The minimum absolute atomic E-state index is 0.0184. The number of rotatable bonds is 9. The Morgan fingerprint density at radius 1 is 1.19 bits per heavy atom. The molecule has 2 aromatic carbocycles. The summed E-state index contributed by atoms with van der Waals surface area (Å²) in [6.45, 7) is 2.71. The Balaban J connectivity index is 1.41. The molecule has 0 radical (unpaired) electrons. The molecule has 0 aliphatic heterocycles. The van der Waals surface area contributed by atoms with E-state index in [1.807, 2.05) is 91.4 Å². The third-order valence-corrected chi connectivity index (χ3v) is 8.07. The number of likely N-dealkylation sites (N-methyl/N-ethyl adjacent to an activating group) is 1. The first-order valence-corrected chi connectivity index (χ1v) is 14.4. The summed E-state index contributed by atoms with van der Waals surface area (Å²) in [6, 6.07) is 15.4. The molecule has 216 valence electrons. The summed E-state index contributed by atoms with van der Waals surface area (Å²) in [5, 5.41) is 9.78. The van der Waals surface area contributed by atoms with E-state index in [0.29, 0.717) is 22.9 Å². The number of nitrogens with one attached hydrogen (secondary N) is 2. The fourth-order valence-electron chi connectivity index (χ4n) is 5.12. The summed E-state index contributed by atoms with van der Waals surface area (Å²) in [5.41, 5.74) is 11.0. The van der Waals surface area contributed by atoms with Crippen LogP contribution >= 0.6 is 11.3 Å². The molecule has 0 saturated carbocycles. The monoisotopic (exact) mass is 582 g/mol. The largest absolute Gasteiger partial charge is 0.495 e. The van der Waals surface area contributed by atoms with Gasteiger partial charge in [-0.3, -0.25) is 9.59 Å². The molecule has 10 heteroatoms. The Morgan fingerprint density at radius 3 is 2.71 bits per heavy atom. The van der Waals surface area contributed by atoms with Crippen LogP contribution < -0.4 is 21.1 Å². The lowest BCUT2D eigenvalue weighted by molar-refractivity contribution is -0.117. The van der Waals surface area contributed by atoms with Gasteiger partial charge < -0.3 is 30.6 Å². The molecular weight excluding hydrogens is 548 g/mol. The number of methoxy groups -OCH3 is 1. The van der Waals surface area contributed by atoms with Gasteiger partial charge >= 0.3 is 0 Å². The van der Waals surface area contributed by atoms with Gasteiger partial charge in [-0.15, -0.1) is 11.3 Å². The van der Waals surface area contributed by atoms with E-state index in [2.05, 4.69) is 15.6 Å². The van der Waals surface area contributed by atoms with E-state index in [9.17, 15) is 9.59 Å². The number of benzene rings is 2. The first-order chi connectivity index (χ1) is 20.2. The van der Waals surface area contributed by atoms with E-state index in [1.54, 1.807) is 19.4 Å². The van der Waals surface area contributed by atoms with Gasteiger partial charge in [-0.25, -0.2) is 4.98 Å². The number of aryl methyl sites for hydroxylation is 1. The molecule has 1 unspecified atom stereocenters. The summed E-state index contributed by atoms with van der Waals surface area (Å²) in [6.07, 6.45) is 4.96. The lowest BCUT2D eigenvalue weighted by atomic mass is 10.0. The SMILES string of the molecule is COc1cc(-c2csc3c(C=CC(=O)NC(C)CN(C)C)cnc(N)c23)ccc1NC(=O)c1cc2ccccc2n1C. The predicted octanol–water partition coefficient (Wildman–Crippen LogP) is 5.38. The van der Waals surface area contributed by atoms with Crippen LogP contribution in [0, 0.1) is 0 Å². The molecule has 2 amide bonds. The van der Waals surface area contributed by atoms with Gasteiger partial charge in [-0.1, -0.05) is 24.3 Å². The minimum atomic E-state index is -0.231. The van der Waals surface area contributed by atoms with Gasteiger partial charge in [-0.05, 0) is 62.3 Å². The first kappa shape index (κ1) is 28.8. The number of carbonyl (C=O) groups excluding carboxylic acids is 2. The number of aromatic nitrogens is 2. The molecule has 0 saturated heterocycles. The van der Waals surface area contributed by atoms with E-state index in [1.165, 1.54) is 17.4 Å². The number of hydrogen-bond acceptors (Lipinski definition) is 7. The smallest absolute Gasteiger partial charge is 0.272 e. The second kappa shape index (κ2) is 12.1. The Morgan fingerprint density at radius 2 is 1.98 bits per heavy atom. The molecule has 9 nitrogen and oxygen atoms in total. The van der Waals surface area contributed by atoms with E-state index in [0.717, 1.165) is 44.2 Å². The number of carbonyl (C=O) groups is 2. The lowest BCUT2D eigenvalue weighted by Crippen LogP contribution is -2.38. The van der Waals surface area contributed by atoms with Crippen LogP contribution in [0.25, 0.3) is 38.2 Å². The molecule has 1 atom stereocenters. The highest BCUT2D eigenvalue weighted by Gasteiger charge is 2.18. The minimum Gasteiger partial charge on any atom is -0.495 e. The van der Waals surface area contributed by atoms with Gasteiger partial charge in [0.2, 0.25) is 5.91 Å². The Labute approximate surface area is 248 Å². The van der Waals surface area contributed by atoms with E-state index < -0.39 is 0 Å². The summed E-state index contributed by atoms with van der Waals surface area (Å²) < 4.78 is 8.47. The van der Waals surface area contributed by atoms with Gasteiger partial charge in [0.15, 0.2) is 0 Å². The maximum Gasteiger partial charge on any atom is 0.272 e. The van der Waals surface area contributed by atoms with Gasteiger partial charge in [0, 0.05) is 64.0 Å². The van der Waals surface area contributed by atoms with Crippen LogP contribution in [0.4, 0.5) is 11.5 Å². The molecule has 3 aromatic heterocycles. The van der Waals surface area contributed by atoms with Crippen LogP contribution in [-0.4, -0.2) is 60.1 Å². The van der Waals surface area contributed by atoms with E-state index in [-0.39, 0.29) is 17.9 Å². The maximum absolute atomic E-state index is 13.2. The zero-order valence-electron chi connectivity index (χ0n) is 24.3. The number of pyridine rings is 1. The van der Waals surface area contributed by atoms with Gasteiger partial charge in [0.1, 0.15) is 17.3 Å². The number of nitrogens with two attached hydrogens (primary N) is 1.